The van der Waals surface area contributed by atoms with Crippen molar-refractivity contribution in [3.8, 4) is 0 Å². The Morgan fingerprint density at radius 1 is 1.43 bits per heavy atom. The zero-order valence-corrected chi connectivity index (χ0v) is 9.97. The van der Waals surface area contributed by atoms with E-state index in [1.807, 2.05) is 6.20 Å². The normalized spacial score (nSPS) is 17.3. The Labute approximate surface area is 93.3 Å². The zero-order valence-electron chi connectivity index (χ0n) is 8.39. The predicted molar refractivity (Wildman–Crippen MR) is 62.6 cm³/mol. The minimum Gasteiger partial charge on any atom is -0.367 e. The van der Waals surface area contributed by atoms with E-state index in [0.29, 0.717) is 6.04 Å². The van der Waals surface area contributed by atoms with Crippen molar-refractivity contribution in [2.45, 2.75) is 38.6 Å². The van der Waals surface area contributed by atoms with E-state index in [2.05, 4.69) is 39.2 Å². The van der Waals surface area contributed by atoms with E-state index in [0.717, 1.165) is 10.3 Å². The molecule has 1 N–H and O–H groups in total. The number of rotatable bonds is 2. The van der Waals surface area contributed by atoms with Gasteiger partial charge in [0.15, 0.2) is 0 Å². The van der Waals surface area contributed by atoms with Gasteiger partial charge in [0.25, 0.3) is 0 Å². The standard InChI is InChI=1S/C11H15BrN2/c1-8-6-9(12)7-13-11(8)14-10-4-2-3-5-10/h6-7,10H,2-5H2,1H3,(H,13,14). The van der Waals surface area contributed by atoms with E-state index in [9.17, 15) is 0 Å². The molecule has 1 aliphatic rings. The van der Waals surface area contributed by atoms with Crippen LogP contribution in [-0.2, 0) is 0 Å². The Kier molecular flexibility index (Phi) is 3.06. The number of halogens is 1. The van der Waals surface area contributed by atoms with Gasteiger partial charge in [-0.1, -0.05) is 12.8 Å². The molecular formula is C11H15BrN2. The molecule has 0 spiro atoms. The minimum atomic E-state index is 0.641. The molecule has 0 aliphatic heterocycles. The summed E-state index contributed by atoms with van der Waals surface area (Å²) in [5.41, 5.74) is 1.21. The lowest BCUT2D eigenvalue weighted by atomic mass is 10.2. The predicted octanol–water partition coefficient (Wildman–Crippen LogP) is 3.51. The van der Waals surface area contributed by atoms with Crippen molar-refractivity contribution in [1.82, 2.24) is 4.98 Å². The zero-order chi connectivity index (χ0) is 9.97. The minimum absolute atomic E-state index is 0.641. The molecule has 1 aromatic rings. The fourth-order valence-corrected chi connectivity index (χ4v) is 2.40. The number of nitrogens with zero attached hydrogens (tertiary/aromatic N) is 1. The summed E-state index contributed by atoms with van der Waals surface area (Å²) in [5, 5.41) is 3.50. The SMILES string of the molecule is Cc1cc(Br)cnc1NC1CCCC1. The Morgan fingerprint density at radius 3 is 2.79 bits per heavy atom. The molecule has 1 heterocycles. The molecule has 14 heavy (non-hydrogen) atoms. The largest absolute Gasteiger partial charge is 0.367 e. The first-order chi connectivity index (χ1) is 6.75. The number of aryl methyl sites for hydroxylation is 1. The smallest absolute Gasteiger partial charge is 0.129 e. The van der Waals surface area contributed by atoms with Crippen molar-refractivity contribution in [2.75, 3.05) is 5.32 Å². The number of nitrogens with one attached hydrogen (secondary N) is 1. The highest BCUT2D eigenvalue weighted by Crippen LogP contribution is 2.24. The first kappa shape index (κ1) is 9.97. The topological polar surface area (TPSA) is 24.9 Å². The van der Waals surface area contributed by atoms with Crippen LogP contribution in [0.25, 0.3) is 0 Å². The quantitative estimate of drug-likeness (QED) is 0.874. The molecule has 1 aromatic heterocycles. The van der Waals surface area contributed by atoms with Crippen LogP contribution < -0.4 is 5.32 Å². The second kappa shape index (κ2) is 4.30. The van der Waals surface area contributed by atoms with Crippen LogP contribution in [-0.4, -0.2) is 11.0 Å². The highest BCUT2D eigenvalue weighted by Gasteiger charge is 2.15. The molecule has 0 amide bonds. The van der Waals surface area contributed by atoms with Crippen LogP contribution in [0.1, 0.15) is 31.2 Å². The third-order valence-corrected chi connectivity index (χ3v) is 3.17. The molecule has 2 nitrogen and oxygen atoms in total. The van der Waals surface area contributed by atoms with E-state index in [4.69, 9.17) is 0 Å². The summed E-state index contributed by atoms with van der Waals surface area (Å²) in [4.78, 5) is 4.38. The lowest BCUT2D eigenvalue weighted by molar-refractivity contribution is 0.749. The molecule has 0 aromatic carbocycles. The maximum atomic E-state index is 4.38. The van der Waals surface area contributed by atoms with Crippen molar-refractivity contribution in [3.05, 3.63) is 22.3 Å². The number of aromatic nitrogens is 1. The van der Waals surface area contributed by atoms with Crippen LogP contribution in [0.15, 0.2) is 16.7 Å². The average molecular weight is 255 g/mol. The van der Waals surface area contributed by atoms with Crippen molar-refractivity contribution < 1.29 is 0 Å². The van der Waals surface area contributed by atoms with Crippen molar-refractivity contribution in [3.63, 3.8) is 0 Å². The van der Waals surface area contributed by atoms with Gasteiger partial charge < -0.3 is 5.32 Å². The molecule has 0 unspecified atom stereocenters. The molecule has 2 rings (SSSR count). The van der Waals surface area contributed by atoms with Gasteiger partial charge in [-0.05, 0) is 47.3 Å². The molecule has 1 saturated carbocycles. The lowest BCUT2D eigenvalue weighted by Gasteiger charge is -2.14. The molecule has 0 bridgehead atoms. The Bertz CT molecular complexity index is 319. The van der Waals surface area contributed by atoms with E-state index >= 15 is 0 Å². The van der Waals surface area contributed by atoms with E-state index in [1.54, 1.807) is 0 Å². The summed E-state index contributed by atoms with van der Waals surface area (Å²) in [7, 11) is 0. The maximum absolute atomic E-state index is 4.38. The molecule has 0 radical (unpaired) electrons. The van der Waals surface area contributed by atoms with Gasteiger partial charge in [-0.25, -0.2) is 4.98 Å². The van der Waals surface area contributed by atoms with Crippen LogP contribution in [0.3, 0.4) is 0 Å². The lowest BCUT2D eigenvalue weighted by Crippen LogP contribution is -2.16. The Hall–Kier alpha value is -0.570. The van der Waals surface area contributed by atoms with Gasteiger partial charge in [-0.3, -0.25) is 0 Å². The monoisotopic (exact) mass is 254 g/mol. The van der Waals surface area contributed by atoms with Crippen LogP contribution >= 0.6 is 15.9 Å². The Balaban J connectivity index is 2.08. The second-order valence-corrected chi connectivity index (χ2v) is 4.86. The third kappa shape index (κ3) is 2.27. The maximum Gasteiger partial charge on any atom is 0.129 e. The highest BCUT2D eigenvalue weighted by molar-refractivity contribution is 9.10. The van der Waals surface area contributed by atoms with E-state index in [-0.39, 0.29) is 0 Å². The van der Waals surface area contributed by atoms with E-state index < -0.39 is 0 Å². The van der Waals surface area contributed by atoms with Gasteiger partial charge in [-0.2, -0.15) is 0 Å². The van der Waals surface area contributed by atoms with Gasteiger partial charge >= 0.3 is 0 Å². The van der Waals surface area contributed by atoms with Crippen LogP contribution in [0, 0.1) is 6.92 Å². The average Bonchev–Trinajstić information content (AvgIpc) is 2.62. The molecule has 3 heteroatoms. The summed E-state index contributed by atoms with van der Waals surface area (Å²) in [6.07, 6.45) is 7.14. The number of hydrogen-bond acceptors (Lipinski definition) is 2. The molecule has 76 valence electrons. The number of anilines is 1. The van der Waals surface area contributed by atoms with Gasteiger partial charge in [0.1, 0.15) is 5.82 Å². The molecule has 0 atom stereocenters. The van der Waals surface area contributed by atoms with Gasteiger partial charge in [0.2, 0.25) is 0 Å². The molecule has 1 aliphatic carbocycles. The van der Waals surface area contributed by atoms with Crippen molar-refractivity contribution in [1.29, 1.82) is 0 Å². The van der Waals surface area contributed by atoms with Crippen LogP contribution in [0.4, 0.5) is 5.82 Å². The number of hydrogen-bond donors (Lipinski definition) is 1. The van der Waals surface area contributed by atoms with Crippen LogP contribution in [0.5, 0.6) is 0 Å². The molecular weight excluding hydrogens is 240 g/mol. The fourth-order valence-electron chi connectivity index (χ4n) is 1.96. The summed E-state index contributed by atoms with van der Waals surface area (Å²) in [6, 6.07) is 2.74. The van der Waals surface area contributed by atoms with Crippen LogP contribution in [0.2, 0.25) is 0 Å². The summed E-state index contributed by atoms with van der Waals surface area (Å²) < 4.78 is 1.05. The number of pyridine rings is 1. The summed E-state index contributed by atoms with van der Waals surface area (Å²) in [6.45, 7) is 2.09. The first-order valence-corrected chi connectivity index (χ1v) is 5.93. The fraction of sp³-hybridized carbons (Fsp3) is 0.545. The van der Waals surface area contributed by atoms with Gasteiger partial charge in [-0.15, -0.1) is 0 Å². The van der Waals surface area contributed by atoms with Gasteiger partial charge in [0, 0.05) is 16.7 Å². The Morgan fingerprint density at radius 2 is 2.14 bits per heavy atom. The van der Waals surface area contributed by atoms with Crippen molar-refractivity contribution in [2.24, 2.45) is 0 Å². The highest BCUT2D eigenvalue weighted by atomic mass is 79.9. The molecule has 1 fully saturated rings. The van der Waals surface area contributed by atoms with Crippen molar-refractivity contribution >= 4 is 21.7 Å². The van der Waals surface area contributed by atoms with E-state index in [1.165, 1.54) is 31.2 Å². The summed E-state index contributed by atoms with van der Waals surface area (Å²) in [5.74, 6) is 1.04. The van der Waals surface area contributed by atoms with Gasteiger partial charge in [0.05, 0.1) is 0 Å². The first-order valence-electron chi connectivity index (χ1n) is 5.14. The second-order valence-electron chi connectivity index (χ2n) is 3.94. The summed E-state index contributed by atoms with van der Waals surface area (Å²) >= 11 is 3.42. The molecule has 0 saturated heterocycles. The third-order valence-electron chi connectivity index (χ3n) is 2.74.